The van der Waals surface area contributed by atoms with E-state index < -0.39 is 11.8 Å². The number of allylic oxidation sites excluding steroid dienone is 1. The van der Waals surface area contributed by atoms with E-state index in [1.165, 1.54) is 44.6 Å². The first-order valence-corrected chi connectivity index (χ1v) is 8.49. The van der Waals surface area contributed by atoms with Crippen molar-refractivity contribution >= 4 is 17.8 Å². The maximum absolute atomic E-state index is 12.4. The molecule has 0 fully saturated rings. The summed E-state index contributed by atoms with van der Waals surface area (Å²) in [7, 11) is 2.67. The Morgan fingerprint density at radius 1 is 1.07 bits per heavy atom. The van der Waals surface area contributed by atoms with Crippen molar-refractivity contribution in [3.8, 4) is 23.0 Å². The lowest BCUT2D eigenvalue weighted by Gasteiger charge is -2.19. The van der Waals surface area contributed by atoms with Crippen molar-refractivity contribution in [1.29, 1.82) is 0 Å². The molecule has 7 nitrogen and oxygen atoms in total. The van der Waals surface area contributed by atoms with E-state index in [0.29, 0.717) is 5.56 Å². The molecule has 2 aromatic rings. The van der Waals surface area contributed by atoms with Crippen LogP contribution < -0.4 is 14.2 Å². The molecule has 0 aromatic heterocycles. The number of hydrogen-bond acceptors (Lipinski definition) is 6. The third-order valence-electron chi connectivity index (χ3n) is 3.80. The highest BCUT2D eigenvalue weighted by atomic mass is 16.5. The molecule has 0 aliphatic heterocycles. The molecule has 0 aliphatic rings. The summed E-state index contributed by atoms with van der Waals surface area (Å²) >= 11 is 0. The number of para-hydroxylation sites is 1. The van der Waals surface area contributed by atoms with Crippen LogP contribution in [0.2, 0.25) is 0 Å². The maximum atomic E-state index is 12.4. The normalized spacial score (nSPS) is 10.9. The van der Waals surface area contributed by atoms with Crippen molar-refractivity contribution in [2.24, 2.45) is 0 Å². The Morgan fingerprint density at radius 2 is 1.75 bits per heavy atom. The van der Waals surface area contributed by atoms with Crippen molar-refractivity contribution in [3.63, 3.8) is 0 Å². The highest BCUT2D eigenvalue weighted by Crippen LogP contribution is 2.42. The lowest BCUT2D eigenvalue weighted by atomic mass is 10.0. The first-order valence-electron chi connectivity index (χ1n) is 8.49. The zero-order valence-electron chi connectivity index (χ0n) is 16.1. The van der Waals surface area contributed by atoms with Crippen molar-refractivity contribution in [2.75, 3.05) is 14.2 Å². The van der Waals surface area contributed by atoms with Gasteiger partial charge in [-0.25, -0.2) is 4.79 Å². The number of phenolic OH excluding ortho intramolecular Hbond substituents is 1. The fourth-order valence-electron chi connectivity index (χ4n) is 2.61. The van der Waals surface area contributed by atoms with Crippen molar-refractivity contribution in [2.45, 2.75) is 20.0 Å². The van der Waals surface area contributed by atoms with Crippen molar-refractivity contribution in [3.05, 3.63) is 53.1 Å². The van der Waals surface area contributed by atoms with Crippen LogP contribution in [0, 0.1) is 0 Å². The van der Waals surface area contributed by atoms with Gasteiger partial charge in [0.15, 0.2) is 17.3 Å². The molecular formula is C21H22O7. The Bertz CT molecular complexity index is 913. The lowest BCUT2D eigenvalue weighted by Crippen LogP contribution is -2.12. The molecule has 0 radical (unpaired) electrons. The lowest BCUT2D eigenvalue weighted by molar-refractivity contribution is 0.0687. The second kappa shape index (κ2) is 8.94. The largest absolute Gasteiger partial charge is 0.507 e. The van der Waals surface area contributed by atoms with Crippen LogP contribution in [0.15, 0.2) is 36.4 Å². The Hall–Kier alpha value is -3.48. The van der Waals surface area contributed by atoms with Crippen molar-refractivity contribution < 1.29 is 34.0 Å². The quantitative estimate of drug-likeness (QED) is 0.525. The van der Waals surface area contributed by atoms with E-state index in [1.54, 1.807) is 26.0 Å². The van der Waals surface area contributed by atoms with Crippen LogP contribution in [-0.2, 0) is 0 Å². The molecule has 2 N–H and O–H groups in total. The molecule has 0 spiro atoms. The monoisotopic (exact) mass is 386 g/mol. The number of carboxylic acid groups (broad SMARTS) is 1. The molecule has 7 heteroatoms. The summed E-state index contributed by atoms with van der Waals surface area (Å²) < 4.78 is 16.2. The topological polar surface area (TPSA) is 102 Å². The minimum Gasteiger partial charge on any atom is -0.507 e. The molecule has 2 aromatic carbocycles. The van der Waals surface area contributed by atoms with Crippen LogP contribution in [0.1, 0.15) is 40.1 Å². The van der Waals surface area contributed by atoms with Gasteiger partial charge in [-0.15, -0.1) is 0 Å². The molecule has 0 saturated carbocycles. The highest BCUT2D eigenvalue weighted by molar-refractivity contribution is 6.09. The molecule has 0 amide bonds. The number of carbonyl (C=O) groups is 2. The maximum Gasteiger partial charge on any atom is 0.343 e. The number of benzene rings is 2. The van der Waals surface area contributed by atoms with Crippen LogP contribution in [0.3, 0.4) is 0 Å². The van der Waals surface area contributed by atoms with E-state index in [0.717, 1.165) is 0 Å². The molecule has 0 saturated heterocycles. The van der Waals surface area contributed by atoms with Gasteiger partial charge in [0.25, 0.3) is 0 Å². The zero-order valence-corrected chi connectivity index (χ0v) is 16.1. The van der Waals surface area contributed by atoms with Crippen LogP contribution >= 0.6 is 0 Å². The summed E-state index contributed by atoms with van der Waals surface area (Å²) in [4.78, 5) is 24.1. The minimum absolute atomic E-state index is 0.00444. The van der Waals surface area contributed by atoms with E-state index in [2.05, 4.69) is 0 Å². The predicted octanol–water partition coefficient (Wildman–Crippen LogP) is 3.79. The van der Waals surface area contributed by atoms with Gasteiger partial charge in [-0.05, 0) is 44.2 Å². The number of aromatic hydroxyl groups is 1. The van der Waals surface area contributed by atoms with Gasteiger partial charge < -0.3 is 24.4 Å². The molecule has 0 bridgehead atoms. The van der Waals surface area contributed by atoms with E-state index in [-0.39, 0.29) is 40.2 Å². The van der Waals surface area contributed by atoms with E-state index >= 15 is 0 Å². The average Bonchev–Trinajstić information content (AvgIpc) is 2.65. The van der Waals surface area contributed by atoms with Gasteiger partial charge >= 0.3 is 5.97 Å². The third kappa shape index (κ3) is 4.43. The number of methoxy groups -OCH3 is 2. The number of phenols is 1. The number of rotatable bonds is 8. The number of aromatic carboxylic acids is 1. The van der Waals surface area contributed by atoms with Crippen LogP contribution in [-0.4, -0.2) is 42.3 Å². The smallest absolute Gasteiger partial charge is 0.343 e. The first-order chi connectivity index (χ1) is 13.3. The molecule has 0 unspecified atom stereocenters. The van der Waals surface area contributed by atoms with Crippen molar-refractivity contribution in [1.82, 2.24) is 0 Å². The van der Waals surface area contributed by atoms with E-state index in [1.807, 2.05) is 0 Å². The van der Waals surface area contributed by atoms with Crippen LogP contribution in [0.25, 0.3) is 6.08 Å². The summed E-state index contributed by atoms with van der Waals surface area (Å²) in [6, 6.07) is 7.63. The van der Waals surface area contributed by atoms with Gasteiger partial charge in [0, 0.05) is 5.56 Å². The molecule has 148 valence electrons. The molecule has 0 atom stereocenters. The molecule has 2 rings (SSSR count). The Balaban J connectivity index is 2.60. The predicted molar refractivity (Wildman–Crippen MR) is 104 cm³/mol. The summed E-state index contributed by atoms with van der Waals surface area (Å²) in [5.74, 6) is -1.55. The first kappa shape index (κ1) is 20.8. The highest BCUT2D eigenvalue weighted by Gasteiger charge is 2.25. The third-order valence-corrected chi connectivity index (χ3v) is 3.80. The Labute approximate surface area is 162 Å². The minimum atomic E-state index is -1.23. The van der Waals surface area contributed by atoms with Crippen LogP contribution in [0.4, 0.5) is 0 Å². The summed E-state index contributed by atoms with van der Waals surface area (Å²) in [6.07, 6.45) is 2.45. The van der Waals surface area contributed by atoms with Gasteiger partial charge in [0.2, 0.25) is 0 Å². The number of carbonyl (C=O) groups excluding carboxylic acids is 1. The molecule has 0 heterocycles. The Morgan fingerprint density at radius 3 is 2.29 bits per heavy atom. The van der Waals surface area contributed by atoms with Crippen LogP contribution in [0.5, 0.6) is 23.0 Å². The second-order valence-corrected chi connectivity index (χ2v) is 6.09. The Kier molecular flexibility index (Phi) is 6.65. The molecule has 28 heavy (non-hydrogen) atoms. The number of carboxylic acids is 1. The summed E-state index contributed by atoms with van der Waals surface area (Å²) in [6.45, 7) is 3.57. The van der Waals surface area contributed by atoms with Gasteiger partial charge in [0.05, 0.1) is 25.9 Å². The van der Waals surface area contributed by atoms with E-state index in [9.17, 15) is 19.8 Å². The zero-order chi connectivity index (χ0) is 20.8. The van der Waals surface area contributed by atoms with Gasteiger partial charge in [-0.1, -0.05) is 12.1 Å². The standard InChI is InChI=1S/C21H22O7/c1-12(2)28-19-13(9-10-16(23)14-7-5-6-8-15(14)22)11-17(26-3)18(21(24)25)20(19)27-4/h5-12,22H,1-4H3,(H,24,25)/b10-9+. The van der Waals surface area contributed by atoms with Gasteiger partial charge in [-0.3, -0.25) is 4.79 Å². The average molecular weight is 386 g/mol. The SMILES string of the molecule is COc1cc(/C=C/C(=O)c2ccccc2O)c(OC(C)C)c(OC)c1C(=O)O. The fourth-order valence-corrected chi connectivity index (χ4v) is 2.61. The van der Waals surface area contributed by atoms with Gasteiger partial charge in [0.1, 0.15) is 17.1 Å². The van der Waals surface area contributed by atoms with E-state index in [4.69, 9.17) is 14.2 Å². The van der Waals surface area contributed by atoms with Gasteiger partial charge in [-0.2, -0.15) is 0 Å². The fraction of sp³-hybridized carbons (Fsp3) is 0.238. The summed E-state index contributed by atoms with van der Waals surface area (Å²) in [5.41, 5.74) is 0.368. The number of ketones is 1. The molecule has 0 aliphatic carbocycles. The number of ether oxygens (including phenoxy) is 3. The summed E-state index contributed by atoms with van der Waals surface area (Å²) in [5, 5.41) is 19.4. The number of hydrogen-bond donors (Lipinski definition) is 2. The molecular weight excluding hydrogens is 364 g/mol. The second-order valence-electron chi connectivity index (χ2n) is 6.09.